The van der Waals surface area contributed by atoms with Crippen LogP contribution in [0.25, 0.3) is 0 Å². The van der Waals surface area contributed by atoms with Gasteiger partial charge in [-0.25, -0.2) is 4.57 Å². The number of hydrogen-bond acceptors (Lipinski definition) is 3. The van der Waals surface area contributed by atoms with E-state index < -0.39 is 0 Å². The lowest BCUT2D eigenvalue weighted by molar-refractivity contribution is -0.671. The summed E-state index contributed by atoms with van der Waals surface area (Å²) in [6, 6.07) is 15.8. The Bertz CT molecular complexity index is 675. The van der Waals surface area contributed by atoms with Crippen molar-refractivity contribution in [2.45, 2.75) is 26.7 Å². The van der Waals surface area contributed by atoms with Crippen LogP contribution in [0.3, 0.4) is 0 Å². The molecule has 0 spiro atoms. The molecule has 0 bridgehead atoms. The van der Waals surface area contributed by atoms with Gasteiger partial charge in [0.2, 0.25) is 5.91 Å². The van der Waals surface area contributed by atoms with Gasteiger partial charge in [0.05, 0.1) is 0 Å². The van der Waals surface area contributed by atoms with E-state index in [1.165, 1.54) is 5.56 Å². The second-order valence-corrected chi connectivity index (χ2v) is 6.46. The number of carbonyl (C=O) groups is 1. The van der Waals surface area contributed by atoms with E-state index in [-0.39, 0.29) is 0 Å². The van der Waals surface area contributed by atoms with Gasteiger partial charge in [0.1, 0.15) is 7.05 Å². The lowest BCUT2D eigenvalue weighted by atomic mass is 10.3. The molecule has 1 fully saturated rings. The molecule has 3 aromatic rings. The third kappa shape index (κ3) is 11.5. The largest absolute Gasteiger partial charge is 0.346 e. The van der Waals surface area contributed by atoms with Gasteiger partial charge >= 0.3 is 0 Å². The zero-order valence-electron chi connectivity index (χ0n) is 17.3. The van der Waals surface area contributed by atoms with E-state index in [1.807, 2.05) is 93.4 Å². The summed E-state index contributed by atoms with van der Waals surface area (Å²) in [4.78, 5) is 20.1. The van der Waals surface area contributed by atoms with Crippen LogP contribution in [-0.2, 0) is 11.8 Å². The van der Waals surface area contributed by atoms with Crippen LogP contribution in [0.2, 0.25) is 0 Å². The van der Waals surface area contributed by atoms with E-state index in [1.54, 1.807) is 23.5 Å². The van der Waals surface area contributed by atoms with Gasteiger partial charge in [-0.05, 0) is 50.1 Å². The molecule has 4 heterocycles. The first kappa shape index (κ1) is 23.0. The molecular weight excluding hydrogens is 348 g/mol. The molecule has 1 aliphatic heterocycles. The SMILES string of the molecule is CN1CCCC1=O.C[n+]1ccccc1.Cc1ccccn1.Cc1ccncc1. The summed E-state index contributed by atoms with van der Waals surface area (Å²) in [5.41, 5.74) is 2.33. The topological polar surface area (TPSA) is 50.0 Å². The molecule has 1 aliphatic rings. The number of hydrogen-bond donors (Lipinski definition) is 0. The molecule has 28 heavy (non-hydrogen) atoms. The number of nitrogens with zero attached hydrogens (tertiary/aromatic N) is 4. The first-order chi connectivity index (χ1) is 13.5. The summed E-state index contributed by atoms with van der Waals surface area (Å²) in [5, 5.41) is 0. The molecule has 0 saturated carbocycles. The minimum absolute atomic E-state index is 0.292. The minimum atomic E-state index is 0.292. The monoisotopic (exact) mass is 379 g/mol. The summed E-state index contributed by atoms with van der Waals surface area (Å²) < 4.78 is 2.00. The predicted molar refractivity (Wildman–Crippen MR) is 112 cm³/mol. The maximum absolute atomic E-state index is 10.5. The summed E-state index contributed by atoms with van der Waals surface area (Å²) in [6.45, 7) is 4.97. The Kier molecular flexibility index (Phi) is 11.5. The standard InChI is InChI=1S/C6H7N.C6H8N.C6H7N.C5H9NO/c1-6-2-4-7-5-3-6;1-7-5-3-2-4-6-7;1-6-4-2-3-5-7-6;1-6-4-2-3-5(6)7/h2-5H,1H3;2-6H,1H3;2-5H,1H3;2-4H2,1H3/q;+1;;. The molecule has 0 radical (unpaired) electrons. The van der Waals surface area contributed by atoms with Gasteiger partial charge in [0.25, 0.3) is 0 Å². The summed E-state index contributed by atoms with van der Waals surface area (Å²) >= 11 is 0. The molecular formula is C23H31N4O+. The van der Waals surface area contributed by atoms with E-state index in [4.69, 9.17) is 0 Å². The van der Waals surface area contributed by atoms with Gasteiger partial charge in [0, 0.05) is 56.4 Å². The van der Waals surface area contributed by atoms with Crippen molar-refractivity contribution in [3.05, 3.63) is 90.8 Å². The Morgan fingerprint density at radius 3 is 1.86 bits per heavy atom. The lowest BCUT2D eigenvalue weighted by Gasteiger charge is -2.03. The Hall–Kier alpha value is -3.08. The number of likely N-dealkylation sites (tertiary alicyclic amines) is 1. The van der Waals surface area contributed by atoms with Gasteiger partial charge in [0.15, 0.2) is 12.4 Å². The second kappa shape index (κ2) is 14.0. The molecule has 4 rings (SSSR count). The van der Waals surface area contributed by atoms with E-state index in [9.17, 15) is 4.79 Å². The highest BCUT2D eigenvalue weighted by Gasteiger charge is 2.14. The molecule has 0 atom stereocenters. The number of aromatic nitrogens is 3. The zero-order chi connectivity index (χ0) is 20.6. The quantitative estimate of drug-likeness (QED) is 0.562. The number of rotatable bonds is 0. The van der Waals surface area contributed by atoms with Crippen molar-refractivity contribution in [3.63, 3.8) is 0 Å². The van der Waals surface area contributed by atoms with Crippen LogP contribution in [0.5, 0.6) is 0 Å². The summed E-state index contributed by atoms with van der Waals surface area (Å²) in [6.07, 6.45) is 11.2. The van der Waals surface area contributed by atoms with E-state index in [2.05, 4.69) is 9.97 Å². The van der Waals surface area contributed by atoms with Gasteiger partial charge in [-0.1, -0.05) is 12.1 Å². The van der Waals surface area contributed by atoms with Crippen LogP contribution < -0.4 is 4.57 Å². The highest BCUT2D eigenvalue weighted by atomic mass is 16.2. The summed E-state index contributed by atoms with van der Waals surface area (Å²) in [5.74, 6) is 0.292. The average molecular weight is 380 g/mol. The first-order valence-corrected chi connectivity index (χ1v) is 9.37. The molecule has 148 valence electrons. The van der Waals surface area contributed by atoms with Crippen LogP contribution in [0, 0.1) is 13.8 Å². The van der Waals surface area contributed by atoms with E-state index >= 15 is 0 Å². The van der Waals surface area contributed by atoms with Crippen molar-refractivity contribution in [1.82, 2.24) is 14.9 Å². The zero-order valence-corrected chi connectivity index (χ0v) is 17.3. The number of aryl methyl sites for hydroxylation is 3. The normalized spacial score (nSPS) is 11.9. The molecule has 5 nitrogen and oxygen atoms in total. The van der Waals surface area contributed by atoms with E-state index in [0.717, 1.165) is 25.1 Å². The number of pyridine rings is 3. The Morgan fingerprint density at radius 1 is 0.929 bits per heavy atom. The number of carbonyl (C=O) groups excluding carboxylic acids is 1. The fourth-order valence-corrected chi connectivity index (χ4v) is 2.14. The van der Waals surface area contributed by atoms with Gasteiger partial charge in [-0.15, -0.1) is 0 Å². The third-order valence-electron chi connectivity index (χ3n) is 3.83. The fourth-order valence-electron chi connectivity index (χ4n) is 2.14. The van der Waals surface area contributed by atoms with Crippen molar-refractivity contribution >= 4 is 5.91 Å². The van der Waals surface area contributed by atoms with Crippen LogP contribution in [0.4, 0.5) is 0 Å². The predicted octanol–water partition coefficient (Wildman–Crippen LogP) is 3.53. The first-order valence-electron chi connectivity index (χ1n) is 9.37. The number of amides is 1. The highest BCUT2D eigenvalue weighted by molar-refractivity contribution is 5.77. The van der Waals surface area contributed by atoms with Crippen LogP contribution in [0.15, 0.2) is 79.5 Å². The molecule has 0 aliphatic carbocycles. The van der Waals surface area contributed by atoms with Crippen molar-refractivity contribution in [2.75, 3.05) is 13.6 Å². The lowest BCUT2D eigenvalue weighted by Crippen LogP contribution is -2.25. The van der Waals surface area contributed by atoms with Crippen LogP contribution in [-0.4, -0.2) is 34.4 Å². The molecule has 0 unspecified atom stereocenters. The summed E-state index contributed by atoms with van der Waals surface area (Å²) in [7, 11) is 3.84. The van der Waals surface area contributed by atoms with Crippen molar-refractivity contribution in [3.8, 4) is 0 Å². The van der Waals surface area contributed by atoms with Gasteiger partial charge in [-0.3, -0.25) is 14.8 Å². The molecule has 1 amide bonds. The van der Waals surface area contributed by atoms with E-state index in [0.29, 0.717) is 5.91 Å². The average Bonchev–Trinajstić information content (AvgIpc) is 3.08. The molecule has 3 aromatic heterocycles. The second-order valence-electron chi connectivity index (χ2n) is 6.46. The molecule has 5 heteroatoms. The Morgan fingerprint density at radius 2 is 1.61 bits per heavy atom. The maximum Gasteiger partial charge on any atom is 0.222 e. The smallest absolute Gasteiger partial charge is 0.222 e. The van der Waals surface area contributed by atoms with Crippen molar-refractivity contribution < 1.29 is 9.36 Å². The highest BCUT2D eigenvalue weighted by Crippen LogP contribution is 2.04. The molecule has 0 N–H and O–H groups in total. The third-order valence-corrected chi connectivity index (χ3v) is 3.83. The minimum Gasteiger partial charge on any atom is -0.346 e. The van der Waals surface area contributed by atoms with Gasteiger partial charge in [-0.2, -0.15) is 0 Å². The van der Waals surface area contributed by atoms with Crippen LogP contribution in [0.1, 0.15) is 24.1 Å². The Balaban J connectivity index is 0.000000187. The fraction of sp³-hybridized carbons (Fsp3) is 0.304. The Labute approximate surface area is 168 Å². The van der Waals surface area contributed by atoms with Crippen LogP contribution >= 0.6 is 0 Å². The maximum atomic E-state index is 10.5. The molecule has 0 aromatic carbocycles. The van der Waals surface area contributed by atoms with Crippen molar-refractivity contribution in [1.29, 1.82) is 0 Å². The van der Waals surface area contributed by atoms with Crippen molar-refractivity contribution in [2.24, 2.45) is 7.05 Å². The van der Waals surface area contributed by atoms with Gasteiger partial charge < -0.3 is 4.90 Å². The molecule has 1 saturated heterocycles.